The lowest BCUT2D eigenvalue weighted by Crippen LogP contribution is -2.52. The van der Waals surface area contributed by atoms with Crippen LogP contribution in [0, 0.1) is 23.2 Å². The molecule has 0 heterocycles. The fourth-order valence-corrected chi connectivity index (χ4v) is 6.75. The first kappa shape index (κ1) is 26.5. The Morgan fingerprint density at radius 3 is 2.52 bits per heavy atom. The highest BCUT2D eigenvalue weighted by Gasteiger charge is 2.54. The van der Waals surface area contributed by atoms with Crippen molar-refractivity contribution in [2.75, 3.05) is 0 Å². The van der Waals surface area contributed by atoms with E-state index in [1.165, 1.54) is 5.57 Å². The number of hydrogen-bond acceptors (Lipinski definition) is 4. The van der Waals surface area contributed by atoms with Crippen molar-refractivity contribution in [3.05, 3.63) is 35.5 Å². The van der Waals surface area contributed by atoms with Gasteiger partial charge in [-0.1, -0.05) is 38.2 Å². The van der Waals surface area contributed by atoms with Gasteiger partial charge in [0.2, 0.25) is 0 Å². The predicted octanol–water partition coefficient (Wildman–Crippen LogP) is 4.92. The van der Waals surface area contributed by atoms with Crippen LogP contribution in [-0.4, -0.2) is 50.3 Å². The topological polar surface area (TPSA) is 80.9 Å². The maximum Gasteiger partial charge on any atom is 0.300 e. The van der Waals surface area contributed by atoms with Gasteiger partial charge in [-0.3, -0.25) is 0 Å². The molecule has 3 aliphatic rings. The van der Waals surface area contributed by atoms with Gasteiger partial charge in [0.1, 0.15) is 11.7 Å². The summed E-state index contributed by atoms with van der Waals surface area (Å²) in [7, 11) is 0. The molecule has 0 amide bonds. The second-order valence-corrected chi connectivity index (χ2v) is 11.6. The minimum Gasteiger partial charge on any atom is -0.393 e. The summed E-state index contributed by atoms with van der Waals surface area (Å²) in [6, 6.07) is 0. The molecule has 0 saturated heterocycles. The summed E-state index contributed by atoms with van der Waals surface area (Å²) in [5.74, 6) is -3.08. The molecule has 0 bridgehead atoms. The van der Waals surface area contributed by atoms with Crippen LogP contribution in [0.15, 0.2) is 35.5 Å². The summed E-state index contributed by atoms with van der Waals surface area (Å²) in [4.78, 5) is 0. The first-order valence-electron chi connectivity index (χ1n) is 12.4. The molecule has 7 atom stereocenters. The van der Waals surface area contributed by atoms with E-state index in [0.717, 1.165) is 51.5 Å². The van der Waals surface area contributed by atoms with Crippen molar-refractivity contribution in [2.45, 2.75) is 109 Å². The monoisotopic (exact) mass is 468 g/mol. The van der Waals surface area contributed by atoms with E-state index in [1.54, 1.807) is 0 Å². The zero-order valence-corrected chi connectivity index (χ0v) is 20.5. The second kappa shape index (κ2) is 9.52. The zero-order chi connectivity index (χ0) is 24.8. The smallest absolute Gasteiger partial charge is 0.300 e. The maximum absolute atomic E-state index is 14.5. The number of alkyl halides is 2. The Morgan fingerprint density at radius 1 is 1.21 bits per heavy atom. The molecule has 6 heteroatoms. The number of fused-ring (bicyclic) bond motifs is 1. The number of allylic oxidation sites excluding steroid dienone is 3. The van der Waals surface area contributed by atoms with Crippen LogP contribution in [0.2, 0.25) is 0 Å². The first-order valence-corrected chi connectivity index (χ1v) is 12.4. The quantitative estimate of drug-likeness (QED) is 0.446. The van der Waals surface area contributed by atoms with Gasteiger partial charge >= 0.3 is 5.92 Å². The highest BCUT2D eigenvalue weighted by molar-refractivity contribution is 5.38. The first-order chi connectivity index (χ1) is 15.2. The molecule has 3 fully saturated rings. The standard InChI is InChI=1S/C27H42F2O4/c1-16(13-24(32)27(28,29)25(3,4)33)21-10-11-22-18(7-6-12-26(21,22)5)8-9-19-14-20(30)15-23(31)17(19)2/h8-9,16,20-24,30-33H,2,6-7,10-15H2,1,3-5H3/b18-8+,19-9-/t16-,20-,21-,22?,23+,24-,26-/m1/s1. The van der Waals surface area contributed by atoms with E-state index in [2.05, 4.69) is 19.6 Å². The zero-order valence-electron chi connectivity index (χ0n) is 20.5. The summed E-state index contributed by atoms with van der Waals surface area (Å²) in [5.41, 5.74) is 0.619. The van der Waals surface area contributed by atoms with Gasteiger partial charge in [0, 0.05) is 6.42 Å². The third-order valence-electron chi connectivity index (χ3n) is 8.82. The van der Waals surface area contributed by atoms with E-state index < -0.39 is 29.8 Å². The van der Waals surface area contributed by atoms with E-state index in [4.69, 9.17) is 0 Å². The molecular formula is C27H42F2O4. The van der Waals surface area contributed by atoms with Gasteiger partial charge in [0.15, 0.2) is 0 Å². The average Bonchev–Trinajstić information content (AvgIpc) is 3.06. The van der Waals surface area contributed by atoms with Crippen molar-refractivity contribution >= 4 is 0 Å². The molecule has 0 spiro atoms. The summed E-state index contributed by atoms with van der Waals surface area (Å²) in [6.07, 6.45) is 6.74. The molecule has 0 aromatic rings. The van der Waals surface area contributed by atoms with Crippen LogP contribution < -0.4 is 0 Å². The Labute approximate surface area is 197 Å². The van der Waals surface area contributed by atoms with Gasteiger partial charge < -0.3 is 20.4 Å². The highest BCUT2D eigenvalue weighted by Crippen LogP contribution is 2.60. The molecule has 4 N–H and O–H groups in total. The SMILES string of the molecule is C=C1/C(=C\C=C2/CCC[C@@]3(C)C2CC[C@@H]3[C@H](C)C[C@@H](O)C(F)(F)C(C)(C)O)C[C@@H](O)C[C@@H]1O. The van der Waals surface area contributed by atoms with E-state index in [1.807, 2.05) is 13.0 Å². The van der Waals surface area contributed by atoms with E-state index >= 15 is 0 Å². The number of hydrogen-bond donors (Lipinski definition) is 4. The van der Waals surface area contributed by atoms with Crippen LogP contribution in [0.3, 0.4) is 0 Å². The summed E-state index contributed by atoms with van der Waals surface area (Å²) >= 11 is 0. The number of halogens is 2. The van der Waals surface area contributed by atoms with Gasteiger partial charge in [-0.25, -0.2) is 8.78 Å². The minimum atomic E-state index is -3.57. The van der Waals surface area contributed by atoms with Crippen LogP contribution in [0.5, 0.6) is 0 Å². The van der Waals surface area contributed by atoms with Crippen molar-refractivity contribution in [2.24, 2.45) is 23.2 Å². The van der Waals surface area contributed by atoms with E-state index in [-0.39, 0.29) is 23.7 Å². The molecule has 33 heavy (non-hydrogen) atoms. The molecule has 0 aromatic carbocycles. The van der Waals surface area contributed by atoms with Crippen LogP contribution >= 0.6 is 0 Å². The second-order valence-electron chi connectivity index (χ2n) is 11.6. The van der Waals surface area contributed by atoms with Crippen LogP contribution in [0.4, 0.5) is 8.78 Å². The van der Waals surface area contributed by atoms with E-state index in [9.17, 15) is 29.2 Å². The molecule has 0 aliphatic heterocycles. The van der Waals surface area contributed by atoms with Gasteiger partial charge in [0.25, 0.3) is 0 Å². The number of rotatable bonds is 6. The Hall–Kier alpha value is -1.08. The van der Waals surface area contributed by atoms with E-state index in [0.29, 0.717) is 24.3 Å². The lowest BCUT2D eigenvalue weighted by molar-refractivity contribution is -0.220. The Kier molecular flexibility index (Phi) is 7.65. The van der Waals surface area contributed by atoms with Gasteiger partial charge in [-0.2, -0.15) is 0 Å². The molecule has 188 valence electrons. The van der Waals surface area contributed by atoms with Crippen molar-refractivity contribution in [3.63, 3.8) is 0 Å². The molecule has 4 nitrogen and oxygen atoms in total. The molecular weight excluding hydrogens is 426 g/mol. The summed E-state index contributed by atoms with van der Waals surface area (Å²) < 4.78 is 28.9. The summed E-state index contributed by atoms with van der Waals surface area (Å²) in [6.45, 7) is 10.3. The van der Waals surface area contributed by atoms with Crippen LogP contribution in [0.25, 0.3) is 0 Å². The Morgan fingerprint density at radius 2 is 1.88 bits per heavy atom. The van der Waals surface area contributed by atoms with Crippen molar-refractivity contribution in [1.29, 1.82) is 0 Å². The summed E-state index contributed by atoms with van der Waals surface area (Å²) in [5, 5.41) is 40.2. The average molecular weight is 469 g/mol. The largest absolute Gasteiger partial charge is 0.393 e. The molecule has 3 saturated carbocycles. The molecule has 3 aliphatic carbocycles. The number of aliphatic hydroxyl groups excluding tert-OH is 3. The fraction of sp³-hybridized carbons (Fsp3) is 0.778. The Bertz CT molecular complexity index is 796. The lowest BCUT2D eigenvalue weighted by atomic mass is 9.60. The van der Waals surface area contributed by atoms with Crippen LogP contribution in [0.1, 0.15) is 79.1 Å². The van der Waals surface area contributed by atoms with Crippen molar-refractivity contribution < 1.29 is 29.2 Å². The van der Waals surface area contributed by atoms with Gasteiger partial charge in [-0.05, 0) is 93.1 Å². The predicted molar refractivity (Wildman–Crippen MR) is 126 cm³/mol. The molecule has 0 radical (unpaired) electrons. The molecule has 3 rings (SSSR count). The third kappa shape index (κ3) is 5.14. The molecule has 0 aromatic heterocycles. The Balaban J connectivity index is 1.76. The molecule has 1 unspecified atom stereocenters. The lowest BCUT2D eigenvalue weighted by Gasteiger charge is -2.45. The fourth-order valence-electron chi connectivity index (χ4n) is 6.75. The minimum absolute atomic E-state index is 0.0195. The third-order valence-corrected chi connectivity index (χ3v) is 8.82. The normalized spacial score (nSPS) is 37.9. The van der Waals surface area contributed by atoms with Crippen LogP contribution in [-0.2, 0) is 0 Å². The maximum atomic E-state index is 14.5. The van der Waals surface area contributed by atoms with Gasteiger partial charge in [0.05, 0.1) is 12.2 Å². The van der Waals surface area contributed by atoms with Gasteiger partial charge in [-0.15, -0.1) is 0 Å². The highest BCUT2D eigenvalue weighted by atomic mass is 19.3. The number of aliphatic hydroxyl groups is 4. The van der Waals surface area contributed by atoms with Crippen molar-refractivity contribution in [3.8, 4) is 0 Å². The van der Waals surface area contributed by atoms with Crippen molar-refractivity contribution in [1.82, 2.24) is 0 Å².